The zero-order valence-electron chi connectivity index (χ0n) is 12.1. The van der Waals surface area contributed by atoms with Crippen molar-refractivity contribution >= 4 is 33.2 Å². The molecule has 0 unspecified atom stereocenters. The standard InChI is InChI=1S/C15H16BrNO3S/c1-17(8-10-7-13(16)21-9-10)15(18)14-11(19-2)5-4-6-12(14)20-3/h4-7,9H,8H2,1-3H3. The monoisotopic (exact) mass is 369 g/mol. The molecule has 2 aromatic rings. The summed E-state index contributed by atoms with van der Waals surface area (Å²) in [5.74, 6) is 0.891. The Balaban J connectivity index is 2.26. The minimum Gasteiger partial charge on any atom is -0.496 e. The van der Waals surface area contributed by atoms with E-state index in [9.17, 15) is 4.79 Å². The minimum absolute atomic E-state index is 0.133. The molecular weight excluding hydrogens is 354 g/mol. The molecule has 0 bridgehead atoms. The van der Waals surface area contributed by atoms with Crippen LogP contribution in [0.5, 0.6) is 11.5 Å². The number of hydrogen-bond donors (Lipinski definition) is 0. The molecule has 2 rings (SSSR count). The van der Waals surface area contributed by atoms with E-state index >= 15 is 0 Å². The highest BCUT2D eigenvalue weighted by atomic mass is 79.9. The zero-order valence-corrected chi connectivity index (χ0v) is 14.5. The fraction of sp³-hybridized carbons (Fsp3) is 0.267. The Hall–Kier alpha value is -1.53. The van der Waals surface area contributed by atoms with Crippen molar-refractivity contribution in [2.75, 3.05) is 21.3 Å². The van der Waals surface area contributed by atoms with Crippen LogP contribution in [0.25, 0.3) is 0 Å². The molecule has 0 aliphatic heterocycles. The summed E-state index contributed by atoms with van der Waals surface area (Å²) in [4.78, 5) is 14.3. The second-order valence-electron chi connectivity index (χ2n) is 4.46. The Morgan fingerprint density at radius 3 is 2.38 bits per heavy atom. The second-order valence-corrected chi connectivity index (χ2v) is 6.75. The van der Waals surface area contributed by atoms with Crippen LogP contribution in [-0.4, -0.2) is 32.1 Å². The molecular formula is C15H16BrNO3S. The van der Waals surface area contributed by atoms with Gasteiger partial charge < -0.3 is 14.4 Å². The number of carbonyl (C=O) groups is 1. The third kappa shape index (κ3) is 3.57. The molecule has 1 aromatic carbocycles. The molecule has 4 nitrogen and oxygen atoms in total. The van der Waals surface area contributed by atoms with Crippen molar-refractivity contribution in [3.8, 4) is 11.5 Å². The minimum atomic E-state index is -0.133. The molecule has 1 amide bonds. The quantitative estimate of drug-likeness (QED) is 0.804. The highest BCUT2D eigenvalue weighted by molar-refractivity contribution is 9.11. The van der Waals surface area contributed by atoms with Gasteiger partial charge in [-0.2, -0.15) is 0 Å². The van der Waals surface area contributed by atoms with Crippen molar-refractivity contribution in [1.29, 1.82) is 0 Å². The summed E-state index contributed by atoms with van der Waals surface area (Å²) in [6.45, 7) is 0.530. The lowest BCUT2D eigenvalue weighted by molar-refractivity contribution is 0.0778. The predicted octanol–water partition coefficient (Wildman–Crippen LogP) is 3.80. The number of hydrogen-bond acceptors (Lipinski definition) is 4. The van der Waals surface area contributed by atoms with Crippen LogP contribution in [0.2, 0.25) is 0 Å². The highest BCUT2D eigenvalue weighted by Crippen LogP contribution is 2.30. The third-order valence-electron chi connectivity index (χ3n) is 3.03. The van der Waals surface area contributed by atoms with Gasteiger partial charge in [-0.3, -0.25) is 4.79 Å². The van der Waals surface area contributed by atoms with Gasteiger partial charge in [-0.15, -0.1) is 11.3 Å². The van der Waals surface area contributed by atoms with Crippen molar-refractivity contribution in [1.82, 2.24) is 4.90 Å². The summed E-state index contributed by atoms with van der Waals surface area (Å²) in [5.41, 5.74) is 1.52. The SMILES string of the molecule is COc1cccc(OC)c1C(=O)N(C)Cc1csc(Br)c1. The van der Waals surface area contributed by atoms with Crippen molar-refractivity contribution in [3.63, 3.8) is 0 Å². The molecule has 0 fully saturated rings. The van der Waals surface area contributed by atoms with E-state index in [1.54, 1.807) is 55.7 Å². The fourth-order valence-electron chi connectivity index (χ4n) is 2.03. The first kappa shape index (κ1) is 15.9. The van der Waals surface area contributed by atoms with E-state index in [2.05, 4.69) is 15.9 Å². The van der Waals surface area contributed by atoms with Crippen LogP contribution in [0.4, 0.5) is 0 Å². The summed E-state index contributed by atoms with van der Waals surface area (Å²) < 4.78 is 11.6. The number of methoxy groups -OCH3 is 2. The molecule has 21 heavy (non-hydrogen) atoms. The van der Waals surface area contributed by atoms with Gasteiger partial charge in [0.1, 0.15) is 17.1 Å². The van der Waals surface area contributed by atoms with Crippen LogP contribution in [0, 0.1) is 0 Å². The molecule has 1 heterocycles. The van der Waals surface area contributed by atoms with E-state index in [-0.39, 0.29) is 5.91 Å². The van der Waals surface area contributed by atoms with E-state index in [1.165, 1.54) is 0 Å². The predicted molar refractivity (Wildman–Crippen MR) is 87.4 cm³/mol. The lowest BCUT2D eigenvalue weighted by Gasteiger charge is -2.19. The second kappa shape index (κ2) is 6.95. The Bertz CT molecular complexity index is 619. The molecule has 112 valence electrons. The largest absolute Gasteiger partial charge is 0.496 e. The lowest BCUT2D eigenvalue weighted by atomic mass is 10.1. The first-order valence-corrected chi connectivity index (χ1v) is 7.93. The maximum atomic E-state index is 12.7. The molecule has 0 saturated heterocycles. The number of benzene rings is 1. The Morgan fingerprint density at radius 2 is 1.90 bits per heavy atom. The molecule has 0 N–H and O–H groups in total. The Labute approximate surface area is 136 Å². The van der Waals surface area contributed by atoms with Gasteiger partial charge in [0.25, 0.3) is 5.91 Å². The van der Waals surface area contributed by atoms with E-state index in [0.29, 0.717) is 23.6 Å². The van der Waals surface area contributed by atoms with Gasteiger partial charge in [0.2, 0.25) is 0 Å². The highest BCUT2D eigenvalue weighted by Gasteiger charge is 2.21. The molecule has 6 heteroatoms. The van der Waals surface area contributed by atoms with Gasteiger partial charge in [0.15, 0.2) is 0 Å². The first-order valence-electron chi connectivity index (χ1n) is 6.26. The number of rotatable bonds is 5. The number of ether oxygens (including phenoxy) is 2. The van der Waals surface area contributed by atoms with Crippen LogP contribution >= 0.6 is 27.3 Å². The number of amides is 1. The number of carbonyl (C=O) groups excluding carboxylic acids is 1. The average Bonchev–Trinajstić information content (AvgIpc) is 2.90. The van der Waals surface area contributed by atoms with E-state index in [0.717, 1.165) is 9.35 Å². The van der Waals surface area contributed by atoms with E-state index in [4.69, 9.17) is 9.47 Å². The molecule has 0 atom stereocenters. The van der Waals surface area contributed by atoms with Crippen molar-refractivity contribution in [2.24, 2.45) is 0 Å². The Kier molecular flexibility index (Phi) is 5.25. The van der Waals surface area contributed by atoms with Gasteiger partial charge in [-0.05, 0) is 45.1 Å². The summed E-state index contributed by atoms with van der Waals surface area (Å²) in [5, 5.41) is 2.02. The van der Waals surface area contributed by atoms with Gasteiger partial charge in [-0.1, -0.05) is 6.07 Å². The summed E-state index contributed by atoms with van der Waals surface area (Å²) in [6.07, 6.45) is 0. The van der Waals surface area contributed by atoms with Gasteiger partial charge in [0.05, 0.1) is 18.0 Å². The van der Waals surface area contributed by atoms with Crippen molar-refractivity contribution < 1.29 is 14.3 Å². The maximum Gasteiger partial charge on any atom is 0.261 e. The van der Waals surface area contributed by atoms with E-state index < -0.39 is 0 Å². The number of thiophene rings is 1. The van der Waals surface area contributed by atoms with Crippen LogP contribution in [0.1, 0.15) is 15.9 Å². The summed E-state index contributed by atoms with van der Waals surface area (Å²) in [7, 11) is 4.85. The molecule has 0 aliphatic carbocycles. The maximum absolute atomic E-state index is 12.7. The normalized spacial score (nSPS) is 10.3. The lowest BCUT2D eigenvalue weighted by Crippen LogP contribution is -2.26. The molecule has 0 saturated carbocycles. The number of nitrogens with zero attached hydrogens (tertiary/aromatic N) is 1. The van der Waals surface area contributed by atoms with Crippen molar-refractivity contribution in [2.45, 2.75) is 6.54 Å². The fourth-order valence-corrected chi connectivity index (χ4v) is 3.23. The smallest absolute Gasteiger partial charge is 0.261 e. The molecule has 0 spiro atoms. The summed E-state index contributed by atoms with van der Waals surface area (Å²) in [6, 6.07) is 7.31. The molecule has 0 aliphatic rings. The third-order valence-corrected chi connectivity index (χ3v) is 4.58. The van der Waals surface area contributed by atoms with Gasteiger partial charge in [-0.25, -0.2) is 0 Å². The van der Waals surface area contributed by atoms with E-state index in [1.807, 2.05) is 11.4 Å². The molecule has 1 aromatic heterocycles. The number of halogens is 1. The van der Waals surface area contributed by atoms with Gasteiger partial charge in [0, 0.05) is 13.6 Å². The van der Waals surface area contributed by atoms with Crippen LogP contribution in [0.15, 0.2) is 33.4 Å². The zero-order chi connectivity index (χ0) is 15.4. The first-order chi connectivity index (χ1) is 10.1. The molecule has 0 radical (unpaired) electrons. The topological polar surface area (TPSA) is 38.8 Å². The Morgan fingerprint density at radius 1 is 1.29 bits per heavy atom. The van der Waals surface area contributed by atoms with Crippen LogP contribution in [-0.2, 0) is 6.54 Å². The van der Waals surface area contributed by atoms with Crippen LogP contribution in [0.3, 0.4) is 0 Å². The van der Waals surface area contributed by atoms with Crippen molar-refractivity contribution in [3.05, 3.63) is 44.6 Å². The van der Waals surface area contributed by atoms with Gasteiger partial charge >= 0.3 is 0 Å². The average molecular weight is 370 g/mol. The van der Waals surface area contributed by atoms with Crippen LogP contribution < -0.4 is 9.47 Å². The summed E-state index contributed by atoms with van der Waals surface area (Å²) >= 11 is 5.02.